The summed E-state index contributed by atoms with van der Waals surface area (Å²) in [6, 6.07) is 0. The largest absolute Gasteiger partial charge is 0.598 e. The molecule has 0 aliphatic heterocycles. The summed E-state index contributed by atoms with van der Waals surface area (Å²) in [6.07, 6.45) is 1.52. The molecule has 0 saturated heterocycles. The Morgan fingerprint density at radius 3 is 2.62 bits per heavy atom. The molecule has 2 atom stereocenters. The van der Waals surface area contributed by atoms with E-state index in [2.05, 4.69) is 28.3 Å². The second-order valence-corrected chi connectivity index (χ2v) is 9.80. The molecule has 6 nitrogen and oxygen atoms in total. The Labute approximate surface area is 151 Å². The Hall–Kier alpha value is -0.670. The first-order valence-electron chi connectivity index (χ1n) is 7.95. The van der Waals surface area contributed by atoms with E-state index < -0.39 is 17.3 Å². The molecule has 0 radical (unpaired) electrons. The van der Waals surface area contributed by atoms with Crippen LogP contribution < -0.4 is 4.72 Å². The normalized spacial score (nSPS) is 14.7. The molecule has 0 aliphatic carbocycles. The van der Waals surface area contributed by atoms with Gasteiger partial charge in [0.25, 0.3) is 0 Å². The summed E-state index contributed by atoms with van der Waals surface area (Å²) >= 11 is 0.184. The first-order chi connectivity index (χ1) is 11.1. The molecule has 0 fully saturated rings. The number of thiazole rings is 1. The van der Waals surface area contributed by atoms with Gasteiger partial charge in [-0.25, -0.2) is 9.78 Å². The zero-order valence-electron chi connectivity index (χ0n) is 15.3. The number of hydrogen-bond donors (Lipinski definition) is 1. The van der Waals surface area contributed by atoms with Crippen LogP contribution in [0.15, 0.2) is 5.38 Å². The highest BCUT2D eigenvalue weighted by molar-refractivity contribution is 7.90. The number of carbonyl (C=O) groups is 1. The maximum Gasteiger partial charge on any atom is 0.357 e. The number of ether oxygens (including phenoxy) is 2. The van der Waals surface area contributed by atoms with Crippen LogP contribution in [0.1, 0.15) is 69.1 Å². The van der Waals surface area contributed by atoms with Gasteiger partial charge in [0.15, 0.2) is 5.69 Å². The van der Waals surface area contributed by atoms with E-state index in [9.17, 15) is 9.35 Å². The molecule has 1 N–H and O–H groups in total. The standard InChI is InChI=1S/C16H28N2O4S2/c1-11(2)7-8-13(22-10-17-24(20)16(3,4)5)14-18-12(9-23-14)15(19)21-6/h9,11,13,17H,7-8,10H2,1-6H3/t13-,24?/m1/s1. The Morgan fingerprint density at radius 1 is 1.42 bits per heavy atom. The number of aromatic nitrogens is 1. The highest BCUT2D eigenvalue weighted by Gasteiger charge is 2.27. The van der Waals surface area contributed by atoms with Crippen molar-refractivity contribution in [3.05, 3.63) is 16.1 Å². The fourth-order valence-corrected chi connectivity index (χ4v) is 3.28. The van der Waals surface area contributed by atoms with Crippen LogP contribution in [-0.2, 0) is 20.8 Å². The maximum atomic E-state index is 12.0. The van der Waals surface area contributed by atoms with Crippen molar-refractivity contribution in [3.63, 3.8) is 0 Å². The number of carbonyl (C=O) groups excluding carboxylic acids is 1. The second kappa shape index (κ2) is 9.72. The first-order valence-corrected chi connectivity index (χ1v) is 9.98. The summed E-state index contributed by atoms with van der Waals surface area (Å²) in [5, 5.41) is 2.41. The van der Waals surface area contributed by atoms with Crippen LogP contribution in [0.3, 0.4) is 0 Å². The lowest BCUT2D eigenvalue weighted by molar-refractivity contribution is 0.0397. The Kier molecular flexibility index (Phi) is 8.66. The molecule has 0 aromatic carbocycles. The van der Waals surface area contributed by atoms with Crippen LogP contribution in [0.2, 0.25) is 0 Å². The summed E-state index contributed by atoms with van der Waals surface area (Å²) in [5.74, 6) is 0.0832. The SMILES string of the molecule is COC(=O)c1csc([C@@H](CCC(C)C)OCN[S+]([O-])C(C)(C)C)n1. The molecule has 1 unspecified atom stereocenters. The number of methoxy groups -OCH3 is 1. The van der Waals surface area contributed by atoms with Gasteiger partial charge in [-0.2, -0.15) is 0 Å². The third-order valence-electron chi connectivity index (χ3n) is 3.23. The molecule has 0 bridgehead atoms. The Bertz CT molecular complexity index is 514. The van der Waals surface area contributed by atoms with E-state index in [0.29, 0.717) is 11.6 Å². The molecule has 1 heterocycles. The van der Waals surface area contributed by atoms with Gasteiger partial charge in [-0.3, -0.25) is 0 Å². The van der Waals surface area contributed by atoms with E-state index in [-0.39, 0.29) is 17.6 Å². The molecule has 0 amide bonds. The van der Waals surface area contributed by atoms with Crippen molar-refractivity contribution in [2.45, 2.75) is 58.3 Å². The molecule has 0 spiro atoms. The maximum absolute atomic E-state index is 12.0. The monoisotopic (exact) mass is 376 g/mol. The highest BCUT2D eigenvalue weighted by atomic mass is 32.2. The van der Waals surface area contributed by atoms with Crippen molar-refractivity contribution < 1.29 is 18.8 Å². The lowest BCUT2D eigenvalue weighted by Crippen LogP contribution is -2.40. The van der Waals surface area contributed by atoms with E-state index in [4.69, 9.17) is 4.74 Å². The predicted molar refractivity (Wildman–Crippen MR) is 97.2 cm³/mol. The zero-order chi connectivity index (χ0) is 18.3. The summed E-state index contributed by atoms with van der Waals surface area (Å²) in [7, 11) is 1.33. The van der Waals surface area contributed by atoms with Gasteiger partial charge in [-0.05, 0) is 39.5 Å². The van der Waals surface area contributed by atoms with E-state index in [1.165, 1.54) is 18.4 Å². The summed E-state index contributed by atoms with van der Waals surface area (Å²) in [6.45, 7) is 10.2. The molecule has 1 aromatic rings. The number of rotatable bonds is 9. The van der Waals surface area contributed by atoms with Crippen LogP contribution in [0.25, 0.3) is 0 Å². The first kappa shape index (κ1) is 21.4. The third-order valence-corrected chi connectivity index (χ3v) is 5.66. The number of esters is 1. The molecule has 0 aliphatic rings. The second-order valence-electron chi connectivity index (χ2n) is 6.86. The minimum absolute atomic E-state index is 0.166. The molecular formula is C16H28N2O4S2. The van der Waals surface area contributed by atoms with Crippen LogP contribution >= 0.6 is 11.3 Å². The van der Waals surface area contributed by atoms with Gasteiger partial charge >= 0.3 is 5.97 Å². The minimum Gasteiger partial charge on any atom is -0.598 e. The third kappa shape index (κ3) is 7.06. The minimum atomic E-state index is -1.19. The number of nitrogens with zero attached hydrogens (tertiary/aromatic N) is 1. The van der Waals surface area contributed by atoms with Gasteiger partial charge in [-0.15, -0.1) is 16.1 Å². The highest BCUT2D eigenvalue weighted by Crippen LogP contribution is 2.28. The average molecular weight is 377 g/mol. The average Bonchev–Trinajstić information content (AvgIpc) is 2.98. The van der Waals surface area contributed by atoms with E-state index in [0.717, 1.165) is 17.8 Å². The van der Waals surface area contributed by atoms with Crippen LogP contribution in [0.4, 0.5) is 0 Å². The molecule has 0 saturated carbocycles. The zero-order valence-corrected chi connectivity index (χ0v) is 16.9. The lowest BCUT2D eigenvalue weighted by atomic mass is 10.1. The predicted octanol–water partition coefficient (Wildman–Crippen LogP) is 3.43. The Morgan fingerprint density at radius 2 is 2.08 bits per heavy atom. The van der Waals surface area contributed by atoms with Gasteiger partial charge in [0.1, 0.15) is 22.6 Å². The summed E-state index contributed by atoms with van der Waals surface area (Å²) < 4.78 is 25.1. The van der Waals surface area contributed by atoms with Crippen LogP contribution in [0, 0.1) is 5.92 Å². The van der Waals surface area contributed by atoms with Crippen molar-refractivity contribution in [1.29, 1.82) is 0 Å². The summed E-state index contributed by atoms with van der Waals surface area (Å²) in [4.78, 5) is 15.9. The molecular weight excluding hydrogens is 348 g/mol. The lowest BCUT2D eigenvalue weighted by Gasteiger charge is -2.24. The fraction of sp³-hybridized carbons (Fsp3) is 0.750. The molecule has 138 valence electrons. The van der Waals surface area contributed by atoms with E-state index >= 15 is 0 Å². The van der Waals surface area contributed by atoms with Gasteiger partial charge < -0.3 is 14.0 Å². The van der Waals surface area contributed by atoms with Gasteiger partial charge in [0.2, 0.25) is 0 Å². The topological polar surface area (TPSA) is 83.5 Å². The number of hydrogen-bond acceptors (Lipinski definition) is 7. The van der Waals surface area contributed by atoms with Crippen molar-refractivity contribution in [1.82, 2.24) is 9.71 Å². The fourth-order valence-electron chi connectivity index (χ4n) is 1.80. The van der Waals surface area contributed by atoms with Crippen LogP contribution in [0.5, 0.6) is 0 Å². The molecule has 8 heteroatoms. The Balaban J connectivity index is 2.70. The molecule has 24 heavy (non-hydrogen) atoms. The van der Waals surface area contributed by atoms with Gasteiger partial charge in [0.05, 0.1) is 7.11 Å². The van der Waals surface area contributed by atoms with E-state index in [1.807, 2.05) is 20.8 Å². The van der Waals surface area contributed by atoms with Crippen molar-refractivity contribution in [2.75, 3.05) is 13.8 Å². The van der Waals surface area contributed by atoms with Gasteiger partial charge in [0, 0.05) is 16.7 Å². The van der Waals surface area contributed by atoms with Crippen molar-refractivity contribution in [3.8, 4) is 0 Å². The smallest absolute Gasteiger partial charge is 0.357 e. The van der Waals surface area contributed by atoms with E-state index in [1.54, 1.807) is 5.38 Å². The summed E-state index contributed by atoms with van der Waals surface area (Å²) in [5.41, 5.74) is 0.293. The number of nitrogens with one attached hydrogen (secondary N) is 1. The van der Waals surface area contributed by atoms with Crippen LogP contribution in [-0.4, -0.2) is 34.1 Å². The van der Waals surface area contributed by atoms with Crippen molar-refractivity contribution in [2.24, 2.45) is 5.92 Å². The van der Waals surface area contributed by atoms with Gasteiger partial charge in [-0.1, -0.05) is 13.8 Å². The molecule has 1 rings (SSSR count). The molecule has 1 aromatic heterocycles. The quantitative estimate of drug-likeness (QED) is 0.404. The van der Waals surface area contributed by atoms with Crippen molar-refractivity contribution >= 4 is 28.7 Å².